The van der Waals surface area contributed by atoms with Crippen molar-refractivity contribution in [1.29, 1.82) is 0 Å². The summed E-state index contributed by atoms with van der Waals surface area (Å²) in [6.07, 6.45) is 4.46. The van der Waals surface area contributed by atoms with Gasteiger partial charge < -0.3 is 41.3 Å². The number of rotatable bonds is 7. The second-order valence-electron chi connectivity index (χ2n) is 13.6. The van der Waals surface area contributed by atoms with Gasteiger partial charge in [-0.25, -0.2) is 0 Å². The Labute approximate surface area is 314 Å². The van der Waals surface area contributed by atoms with Crippen molar-refractivity contribution in [3.8, 4) is 0 Å². The van der Waals surface area contributed by atoms with Crippen LogP contribution in [0, 0.1) is 0 Å². The summed E-state index contributed by atoms with van der Waals surface area (Å²) in [6, 6.07) is 31.8. The Morgan fingerprint density at radius 3 is 1.59 bits per heavy atom. The highest BCUT2D eigenvalue weighted by molar-refractivity contribution is 6.32. The number of amides is 4. The summed E-state index contributed by atoms with van der Waals surface area (Å²) in [5.74, 6) is -0.0308. The van der Waals surface area contributed by atoms with E-state index >= 15 is 0 Å². The van der Waals surface area contributed by atoms with Crippen LogP contribution in [0.5, 0.6) is 0 Å². The smallest absolute Gasteiger partial charge is 0.257 e. The standard InChI is InChI=1S/2C21H22N4O2/c1-15(26)24-10-12-25(13-11-24)17-8-6-16(7-9-17)22-14-19-18-4-2-3-5-20(18)23-21(19)27;1-14(26)23-16-10-11-25(13-16)17-8-6-15(7-9-17)22-12-19-18-4-2-3-5-20(18)24-21(19)27/h2-9,14,22H,10-13H2,1H3,(H,23,27);2-9,12,16,22H,10-11,13H2,1H3,(H,23,26)(H,24,27). The Hall–Kier alpha value is -6.56. The predicted molar refractivity (Wildman–Crippen MR) is 215 cm³/mol. The second kappa shape index (κ2) is 16.0. The van der Waals surface area contributed by atoms with Gasteiger partial charge in [0, 0.05) is 117 Å². The maximum Gasteiger partial charge on any atom is 0.257 e. The van der Waals surface area contributed by atoms with Gasteiger partial charge in [-0.15, -0.1) is 0 Å². The predicted octanol–water partition coefficient (Wildman–Crippen LogP) is 5.57. The van der Waals surface area contributed by atoms with E-state index in [0.29, 0.717) is 11.1 Å². The molecule has 2 fully saturated rings. The highest BCUT2D eigenvalue weighted by Crippen LogP contribution is 2.33. The van der Waals surface area contributed by atoms with E-state index in [2.05, 4.69) is 60.6 Å². The van der Waals surface area contributed by atoms with E-state index in [9.17, 15) is 19.2 Å². The monoisotopic (exact) mass is 724 g/mol. The maximum atomic E-state index is 12.1. The van der Waals surface area contributed by atoms with Gasteiger partial charge in [0.25, 0.3) is 11.8 Å². The molecule has 0 radical (unpaired) electrons. The third-order valence-electron chi connectivity index (χ3n) is 9.97. The van der Waals surface area contributed by atoms with Crippen molar-refractivity contribution >= 4 is 68.9 Å². The topological polar surface area (TPSA) is 138 Å². The van der Waals surface area contributed by atoms with Crippen molar-refractivity contribution in [2.45, 2.75) is 26.3 Å². The average Bonchev–Trinajstić information content (AvgIpc) is 3.87. The molecule has 2 saturated heterocycles. The number of nitrogens with one attached hydrogen (secondary N) is 5. The third-order valence-corrected chi connectivity index (χ3v) is 9.97. The number of nitrogens with zero attached hydrogens (tertiary/aromatic N) is 3. The van der Waals surface area contributed by atoms with Gasteiger partial charge >= 0.3 is 0 Å². The van der Waals surface area contributed by atoms with Crippen LogP contribution in [0.2, 0.25) is 0 Å². The first-order valence-electron chi connectivity index (χ1n) is 18.2. The molecular formula is C42H44N8O4. The number of benzene rings is 4. The molecule has 4 aromatic rings. The van der Waals surface area contributed by atoms with Crippen molar-refractivity contribution < 1.29 is 19.2 Å². The average molecular weight is 725 g/mol. The molecule has 4 amide bonds. The van der Waals surface area contributed by atoms with Crippen LogP contribution in [0.4, 0.5) is 34.1 Å². The summed E-state index contributed by atoms with van der Waals surface area (Å²) in [7, 11) is 0. The first-order chi connectivity index (χ1) is 26.2. The van der Waals surface area contributed by atoms with Gasteiger partial charge in [-0.1, -0.05) is 36.4 Å². The minimum atomic E-state index is -0.0959. The largest absolute Gasteiger partial charge is 0.369 e. The van der Waals surface area contributed by atoms with Gasteiger partial charge in [-0.05, 0) is 67.1 Å². The first kappa shape index (κ1) is 35.8. The number of para-hydroxylation sites is 2. The van der Waals surface area contributed by atoms with Crippen molar-refractivity contribution in [2.75, 3.05) is 70.3 Å². The van der Waals surface area contributed by atoms with Crippen molar-refractivity contribution in [3.05, 3.63) is 121 Å². The van der Waals surface area contributed by atoms with Crippen LogP contribution in [0.3, 0.4) is 0 Å². The Morgan fingerprint density at radius 1 is 0.630 bits per heavy atom. The molecule has 1 unspecified atom stereocenters. The molecule has 8 rings (SSSR count). The number of carbonyl (C=O) groups excluding carboxylic acids is 4. The Bertz CT molecular complexity index is 1980. The van der Waals surface area contributed by atoms with Crippen LogP contribution in [-0.2, 0) is 19.2 Å². The molecular weight excluding hydrogens is 681 g/mol. The number of hydrogen-bond acceptors (Lipinski definition) is 8. The van der Waals surface area contributed by atoms with E-state index in [0.717, 1.165) is 90.9 Å². The minimum Gasteiger partial charge on any atom is -0.369 e. The van der Waals surface area contributed by atoms with Crippen LogP contribution in [0.1, 0.15) is 31.4 Å². The number of carbonyl (C=O) groups is 4. The quantitative estimate of drug-likeness (QED) is 0.156. The lowest BCUT2D eigenvalue weighted by molar-refractivity contribution is -0.129. The number of fused-ring (bicyclic) bond motifs is 2. The van der Waals surface area contributed by atoms with E-state index in [1.165, 1.54) is 0 Å². The van der Waals surface area contributed by atoms with Crippen LogP contribution in [-0.4, -0.2) is 73.8 Å². The molecule has 276 valence electrons. The fourth-order valence-corrected chi connectivity index (χ4v) is 7.09. The molecule has 0 spiro atoms. The van der Waals surface area contributed by atoms with Gasteiger partial charge in [0.2, 0.25) is 11.8 Å². The molecule has 0 aromatic heterocycles. The molecule has 0 aliphatic carbocycles. The minimum absolute atomic E-state index is 0.0203. The lowest BCUT2D eigenvalue weighted by Gasteiger charge is -2.35. The van der Waals surface area contributed by atoms with Gasteiger partial charge in [0.15, 0.2) is 0 Å². The molecule has 4 aliphatic rings. The highest BCUT2D eigenvalue weighted by atomic mass is 16.2. The van der Waals surface area contributed by atoms with Gasteiger partial charge in [0.05, 0.1) is 11.1 Å². The zero-order chi connectivity index (χ0) is 37.6. The summed E-state index contributed by atoms with van der Waals surface area (Å²) in [5.41, 5.74) is 8.88. The molecule has 54 heavy (non-hydrogen) atoms. The van der Waals surface area contributed by atoms with E-state index in [-0.39, 0.29) is 29.7 Å². The Kier molecular flexibility index (Phi) is 10.6. The van der Waals surface area contributed by atoms with Crippen molar-refractivity contribution in [1.82, 2.24) is 10.2 Å². The molecule has 0 saturated carbocycles. The fraction of sp³-hybridized carbons (Fsp3) is 0.238. The zero-order valence-electron chi connectivity index (χ0n) is 30.4. The second-order valence-corrected chi connectivity index (χ2v) is 13.6. The summed E-state index contributed by atoms with van der Waals surface area (Å²) in [6.45, 7) is 8.13. The highest BCUT2D eigenvalue weighted by Gasteiger charge is 2.25. The number of piperazine rings is 1. The van der Waals surface area contributed by atoms with Crippen molar-refractivity contribution in [3.63, 3.8) is 0 Å². The SMILES string of the molecule is CC(=O)N1CCN(c2ccc(NC=C3C(=O)Nc4ccccc43)cc2)CC1.CC(=O)NC1CCN(c2ccc(NC=C3C(=O)Nc4ccccc43)cc2)C1. The Balaban J connectivity index is 0.000000167. The lowest BCUT2D eigenvalue weighted by Crippen LogP contribution is -2.48. The van der Waals surface area contributed by atoms with E-state index < -0.39 is 0 Å². The van der Waals surface area contributed by atoms with Gasteiger partial charge in [-0.2, -0.15) is 0 Å². The molecule has 1 atom stereocenters. The van der Waals surface area contributed by atoms with Crippen LogP contribution < -0.4 is 36.4 Å². The van der Waals surface area contributed by atoms with Crippen LogP contribution in [0.25, 0.3) is 11.1 Å². The lowest BCUT2D eigenvalue weighted by atomic mass is 10.1. The third kappa shape index (κ3) is 8.23. The van der Waals surface area contributed by atoms with Crippen LogP contribution >= 0.6 is 0 Å². The van der Waals surface area contributed by atoms with Gasteiger partial charge in [-0.3, -0.25) is 19.2 Å². The normalized spacial score (nSPS) is 18.7. The van der Waals surface area contributed by atoms with E-state index in [1.54, 1.807) is 26.2 Å². The van der Waals surface area contributed by atoms with Gasteiger partial charge in [0.1, 0.15) is 0 Å². The summed E-state index contributed by atoms with van der Waals surface area (Å²) < 4.78 is 0. The molecule has 12 heteroatoms. The molecule has 4 aliphatic heterocycles. The molecule has 4 aromatic carbocycles. The molecule has 12 nitrogen and oxygen atoms in total. The summed E-state index contributed by atoms with van der Waals surface area (Å²) >= 11 is 0. The van der Waals surface area contributed by atoms with E-state index in [4.69, 9.17) is 0 Å². The number of hydrogen-bond donors (Lipinski definition) is 5. The first-order valence-corrected chi connectivity index (χ1v) is 18.2. The Morgan fingerprint density at radius 2 is 1.11 bits per heavy atom. The zero-order valence-corrected chi connectivity index (χ0v) is 30.4. The fourth-order valence-electron chi connectivity index (χ4n) is 7.09. The number of anilines is 6. The van der Waals surface area contributed by atoms with Crippen molar-refractivity contribution in [2.24, 2.45) is 0 Å². The summed E-state index contributed by atoms with van der Waals surface area (Å²) in [5, 5.41) is 15.1. The summed E-state index contributed by atoms with van der Waals surface area (Å²) in [4.78, 5) is 53.3. The molecule has 4 heterocycles. The van der Waals surface area contributed by atoms with Crippen LogP contribution in [0.15, 0.2) is 109 Å². The van der Waals surface area contributed by atoms with E-state index in [1.807, 2.05) is 77.7 Å². The molecule has 0 bridgehead atoms. The molecule has 5 N–H and O–H groups in total. The maximum absolute atomic E-state index is 12.1.